The van der Waals surface area contributed by atoms with Gasteiger partial charge in [-0.15, -0.1) is 0 Å². The van der Waals surface area contributed by atoms with Crippen molar-refractivity contribution in [3.05, 3.63) is 46.0 Å². The van der Waals surface area contributed by atoms with Gasteiger partial charge in [-0.2, -0.15) is 0 Å². The number of carbonyl (C=O) groups is 2. The minimum Gasteiger partial charge on any atom is -0.368 e. The first-order valence-corrected chi connectivity index (χ1v) is 8.66. The van der Waals surface area contributed by atoms with Crippen molar-refractivity contribution in [1.82, 2.24) is 9.80 Å². The van der Waals surface area contributed by atoms with Gasteiger partial charge in [0.15, 0.2) is 0 Å². The number of nitro groups is 1. The molecule has 2 saturated heterocycles. The lowest BCUT2D eigenvalue weighted by molar-refractivity contribution is -0.384. The van der Waals surface area contributed by atoms with Gasteiger partial charge in [0.05, 0.1) is 4.92 Å². The van der Waals surface area contributed by atoms with Gasteiger partial charge in [-0.05, 0) is 24.5 Å². The number of non-ortho nitro benzene ring substituents is 1. The van der Waals surface area contributed by atoms with Gasteiger partial charge in [0.1, 0.15) is 6.10 Å². The van der Waals surface area contributed by atoms with Crippen LogP contribution in [-0.4, -0.2) is 65.4 Å². The Kier molecular flexibility index (Phi) is 5.62. The van der Waals surface area contributed by atoms with E-state index in [0.29, 0.717) is 38.3 Å². The molecule has 0 aliphatic carbocycles. The van der Waals surface area contributed by atoms with E-state index >= 15 is 0 Å². The maximum Gasteiger partial charge on any atom is 0.270 e. The summed E-state index contributed by atoms with van der Waals surface area (Å²) in [5.41, 5.74) is 0.584. The zero-order valence-electron chi connectivity index (χ0n) is 14.4. The number of hydrogen-bond donors (Lipinski definition) is 0. The number of hydrogen-bond acceptors (Lipinski definition) is 5. The van der Waals surface area contributed by atoms with Crippen LogP contribution in [0.1, 0.15) is 18.4 Å². The highest BCUT2D eigenvalue weighted by Crippen LogP contribution is 2.17. The van der Waals surface area contributed by atoms with Crippen molar-refractivity contribution >= 4 is 23.6 Å². The fourth-order valence-electron chi connectivity index (χ4n) is 3.14. The number of nitrogens with zero attached hydrogens (tertiary/aromatic N) is 3. The van der Waals surface area contributed by atoms with E-state index in [9.17, 15) is 19.7 Å². The predicted octanol–water partition coefficient (Wildman–Crippen LogP) is 1.46. The molecule has 0 N–H and O–H groups in total. The predicted molar refractivity (Wildman–Crippen MR) is 94.3 cm³/mol. The molecule has 2 aliphatic rings. The first-order valence-electron chi connectivity index (χ1n) is 8.66. The van der Waals surface area contributed by atoms with Crippen molar-refractivity contribution < 1.29 is 19.2 Å². The van der Waals surface area contributed by atoms with E-state index in [1.807, 2.05) is 0 Å². The Morgan fingerprint density at radius 1 is 1.19 bits per heavy atom. The summed E-state index contributed by atoms with van der Waals surface area (Å²) >= 11 is 0. The monoisotopic (exact) mass is 359 g/mol. The summed E-state index contributed by atoms with van der Waals surface area (Å²) < 4.78 is 5.43. The second-order valence-corrected chi connectivity index (χ2v) is 6.34. The number of benzene rings is 1. The molecule has 3 rings (SSSR count). The molecular weight excluding hydrogens is 338 g/mol. The van der Waals surface area contributed by atoms with Crippen LogP contribution >= 0.6 is 0 Å². The molecule has 2 aliphatic heterocycles. The van der Waals surface area contributed by atoms with E-state index in [1.54, 1.807) is 28.0 Å². The summed E-state index contributed by atoms with van der Waals surface area (Å²) in [4.78, 5) is 38.3. The van der Waals surface area contributed by atoms with Crippen LogP contribution in [0.5, 0.6) is 0 Å². The third kappa shape index (κ3) is 4.26. The van der Waals surface area contributed by atoms with Crippen LogP contribution in [0, 0.1) is 10.1 Å². The van der Waals surface area contributed by atoms with Crippen LogP contribution in [0.25, 0.3) is 6.08 Å². The molecule has 26 heavy (non-hydrogen) atoms. The van der Waals surface area contributed by atoms with Gasteiger partial charge >= 0.3 is 0 Å². The van der Waals surface area contributed by atoms with Gasteiger partial charge in [-0.3, -0.25) is 19.7 Å². The highest BCUT2D eigenvalue weighted by atomic mass is 16.6. The zero-order chi connectivity index (χ0) is 18.5. The zero-order valence-corrected chi connectivity index (χ0v) is 14.4. The normalized spacial score (nSPS) is 20.5. The van der Waals surface area contributed by atoms with Gasteiger partial charge in [0.2, 0.25) is 5.91 Å². The number of carbonyl (C=O) groups excluding carboxylic acids is 2. The van der Waals surface area contributed by atoms with E-state index in [0.717, 1.165) is 12.8 Å². The molecule has 0 bridgehead atoms. The smallest absolute Gasteiger partial charge is 0.270 e. The highest BCUT2D eigenvalue weighted by molar-refractivity contribution is 5.92. The minimum atomic E-state index is -0.469. The second-order valence-electron chi connectivity index (χ2n) is 6.34. The van der Waals surface area contributed by atoms with Crippen molar-refractivity contribution in [1.29, 1.82) is 0 Å². The number of rotatable bonds is 4. The molecule has 0 aromatic heterocycles. The van der Waals surface area contributed by atoms with E-state index in [-0.39, 0.29) is 23.6 Å². The van der Waals surface area contributed by atoms with Crippen LogP contribution < -0.4 is 0 Å². The number of nitro benzene ring substituents is 1. The summed E-state index contributed by atoms with van der Waals surface area (Å²) in [5.74, 6) is -0.151. The molecule has 8 nitrogen and oxygen atoms in total. The van der Waals surface area contributed by atoms with Gasteiger partial charge in [-0.1, -0.05) is 12.1 Å². The lowest BCUT2D eigenvalue weighted by atomic mass is 10.1. The van der Waals surface area contributed by atoms with Crippen LogP contribution in [0.3, 0.4) is 0 Å². The molecule has 0 radical (unpaired) electrons. The van der Waals surface area contributed by atoms with E-state index in [1.165, 1.54) is 18.2 Å². The van der Waals surface area contributed by atoms with Crippen molar-refractivity contribution in [2.45, 2.75) is 18.9 Å². The van der Waals surface area contributed by atoms with Gasteiger partial charge in [0, 0.05) is 51.0 Å². The maximum absolute atomic E-state index is 12.3. The van der Waals surface area contributed by atoms with Crippen molar-refractivity contribution in [3.63, 3.8) is 0 Å². The van der Waals surface area contributed by atoms with Crippen molar-refractivity contribution in [2.75, 3.05) is 32.8 Å². The SMILES string of the molecule is O=C(/C=C/c1cccc([N+](=O)[O-])c1)N1CCN(C(=O)C2CCCO2)CC1. The Morgan fingerprint density at radius 2 is 1.92 bits per heavy atom. The Balaban J connectivity index is 1.52. The van der Waals surface area contributed by atoms with Crippen LogP contribution in [-0.2, 0) is 14.3 Å². The lowest BCUT2D eigenvalue weighted by Gasteiger charge is -2.35. The van der Waals surface area contributed by atoms with E-state index < -0.39 is 4.92 Å². The topological polar surface area (TPSA) is 93.0 Å². The third-order valence-electron chi connectivity index (χ3n) is 4.61. The summed E-state index contributed by atoms with van der Waals surface area (Å²) in [6.45, 7) is 2.56. The number of ether oxygens (including phenoxy) is 1. The van der Waals surface area contributed by atoms with Gasteiger partial charge in [-0.25, -0.2) is 0 Å². The molecule has 8 heteroatoms. The first-order chi connectivity index (χ1) is 12.5. The summed E-state index contributed by atoms with van der Waals surface area (Å²) in [7, 11) is 0. The number of piperazine rings is 1. The van der Waals surface area contributed by atoms with Crippen molar-refractivity contribution in [3.8, 4) is 0 Å². The maximum atomic E-state index is 12.3. The van der Waals surface area contributed by atoms with Crippen LogP contribution in [0.2, 0.25) is 0 Å². The quantitative estimate of drug-likeness (QED) is 0.461. The summed E-state index contributed by atoms with van der Waals surface area (Å²) in [6.07, 6.45) is 4.34. The minimum absolute atomic E-state index is 0.0131. The molecule has 1 aromatic rings. The summed E-state index contributed by atoms with van der Waals surface area (Å²) in [5, 5.41) is 10.8. The van der Waals surface area contributed by atoms with Crippen LogP contribution in [0.4, 0.5) is 5.69 Å². The summed E-state index contributed by atoms with van der Waals surface area (Å²) in [6, 6.07) is 6.11. The average Bonchev–Trinajstić information content (AvgIpc) is 3.20. The Bertz CT molecular complexity index is 719. The van der Waals surface area contributed by atoms with Gasteiger partial charge < -0.3 is 14.5 Å². The highest BCUT2D eigenvalue weighted by Gasteiger charge is 2.30. The molecular formula is C18H21N3O5. The third-order valence-corrected chi connectivity index (χ3v) is 4.61. The standard InChI is InChI=1S/C18H21N3O5/c22-17(7-6-14-3-1-4-15(13-14)21(24)25)19-8-10-20(11-9-19)18(23)16-5-2-12-26-16/h1,3-4,6-7,13,16H,2,5,8-12H2/b7-6+. The molecule has 1 atom stereocenters. The van der Waals surface area contributed by atoms with E-state index in [2.05, 4.69) is 0 Å². The molecule has 2 amide bonds. The lowest BCUT2D eigenvalue weighted by Crippen LogP contribution is -2.52. The molecule has 138 valence electrons. The Morgan fingerprint density at radius 3 is 2.58 bits per heavy atom. The molecule has 0 spiro atoms. The van der Waals surface area contributed by atoms with Crippen molar-refractivity contribution in [2.24, 2.45) is 0 Å². The fourth-order valence-corrected chi connectivity index (χ4v) is 3.14. The molecule has 2 fully saturated rings. The molecule has 2 heterocycles. The second kappa shape index (κ2) is 8.09. The molecule has 1 aromatic carbocycles. The largest absolute Gasteiger partial charge is 0.368 e. The average molecular weight is 359 g/mol. The number of amides is 2. The van der Waals surface area contributed by atoms with Gasteiger partial charge in [0.25, 0.3) is 11.6 Å². The fraction of sp³-hybridized carbons (Fsp3) is 0.444. The van der Waals surface area contributed by atoms with Crippen LogP contribution in [0.15, 0.2) is 30.3 Å². The Labute approximate surface area is 151 Å². The molecule has 1 unspecified atom stereocenters. The first kappa shape index (κ1) is 18.1. The Hall–Kier alpha value is -2.74. The molecule has 0 saturated carbocycles. The van der Waals surface area contributed by atoms with E-state index in [4.69, 9.17) is 4.74 Å².